The van der Waals surface area contributed by atoms with E-state index in [1.807, 2.05) is 0 Å². The van der Waals surface area contributed by atoms with E-state index in [-0.39, 0.29) is 0 Å². The number of aliphatic carboxylic acids is 1. The highest BCUT2D eigenvalue weighted by Crippen LogP contribution is 2.28. The first-order chi connectivity index (χ1) is 7.11. The van der Waals surface area contributed by atoms with Crippen LogP contribution in [0.4, 0.5) is 0 Å². The van der Waals surface area contributed by atoms with Crippen LogP contribution in [0.2, 0.25) is 0 Å². The summed E-state index contributed by atoms with van der Waals surface area (Å²) in [6, 6.07) is 4.94. The molecule has 6 heteroatoms. The molecule has 0 aliphatic heterocycles. The standard InChI is InChI=1S/C9H7BrN2O3/c10-8-6-4(7(13)9(14)15)2-1-3-5(6)11-12-8/h1-3,7,13H,(H,11,12)(H,14,15). The molecule has 78 valence electrons. The van der Waals surface area contributed by atoms with E-state index >= 15 is 0 Å². The summed E-state index contributed by atoms with van der Waals surface area (Å²) < 4.78 is 0.563. The van der Waals surface area contributed by atoms with Crippen molar-refractivity contribution in [2.75, 3.05) is 0 Å². The Kier molecular flexibility index (Phi) is 2.45. The Balaban J connectivity index is 2.69. The van der Waals surface area contributed by atoms with Crippen LogP contribution in [0.15, 0.2) is 22.8 Å². The Morgan fingerprint density at radius 3 is 2.93 bits per heavy atom. The van der Waals surface area contributed by atoms with Crippen LogP contribution in [0.1, 0.15) is 11.7 Å². The number of H-pyrrole nitrogens is 1. The van der Waals surface area contributed by atoms with Gasteiger partial charge in [0.05, 0.1) is 5.52 Å². The van der Waals surface area contributed by atoms with Gasteiger partial charge in [0, 0.05) is 10.9 Å². The summed E-state index contributed by atoms with van der Waals surface area (Å²) in [7, 11) is 0. The molecule has 1 aromatic heterocycles. The number of carbonyl (C=O) groups is 1. The molecule has 0 amide bonds. The molecule has 2 rings (SSSR count). The number of nitrogens with one attached hydrogen (secondary N) is 1. The van der Waals surface area contributed by atoms with Crippen LogP contribution < -0.4 is 0 Å². The summed E-state index contributed by atoms with van der Waals surface area (Å²) in [6.07, 6.45) is -1.54. The van der Waals surface area contributed by atoms with E-state index in [0.29, 0.717) is 21.1 Å². The Bertz CT molecular complexity index is 523. The average Bonchev–Trinajstić information content (AvgIpc) is 2.59. The van der Waals surface area contributed by atoms with Crippen LogP contribution in [0.25, 0.3) is 10.9 Å². The number of benzene rings is 1. The first kappa shape index (κ1) is 10.1. The number of halogens is 1. The molecule has 0 aliphatic carbocycles. The van der Waals surface area contributed by atoms with E-state index in [4.69, 9.17) is 5.11 Å². The van der Waals surface area contributed by atoms with Gasteiger partial charge in [-0.1, -0.05) is 12.1 Å². The van der Waals surface area contributed by atoms with Crippen molar-refractivity contribution in [3.05, 3.63) is 28.4 Å². The van der Waals surface area contributed by atoms with Gasteiger partial charge < -0.3 is 10.2 Å². The lowest BCUT2D eigenvalue weighted by molar-refractivity contribution is -0.146. The van der Waals surface area contributed by atoms with Crippen molar-refractivity contribution < 1.29 is 15.0 Å². The number of carboxylic acid groups (broad SMARTS) is 1. The van der Waals surface area contributed by atoms with Gasteiger partial charge in [-0.25, -0.2) is 4.79 Å². The summed E-state index contributed by atoms with van der Waals surface area (Å²) in [5.74, 6) is -1.28. The molecule has 1 unspecified atom stereocenters. The van der Waals surface area contributed by atoms with Crippen molar-refractivity contribution in [1.29, 1.82) is 0 Å². The number of aliphatic hydroxyl groups is 1. The molecule has 0 saturated heterocycles. The van der Waals surface area contributed by atoms with E-state index < -0.39 is 12.1 Å². The van der Waals surface area contributed by atoms with E-state index in [0.717, 1.165) is 0 Å². The zero-order valence-electron chi connectivity index (χ0n) is 7.44. The SMILES string of the molecule is O=C(O)C(O)c1cccc2n[nH]c(Br)c12. The number of nitrogens with zero attached hydrogens (tertiary/aromatic N) is 1. The number of hydrogen-bond donors (Lipinski definition) is 3. The fraction of sp³-hybridized carbons (Fsp3) is 0.111. The molecule has 0 radical (unpaired) electrons. The summed E-state index contributed by atoms with van der Waals surface area (Å²) in [6.45, 7) is 0. The maximum atomic E-state index is 10.7. The molecule has 1 aromatic carbocycles. The second-order valence-corrected chi connectivity index (χ2v) is 3.81. The first-order valence-electron chi connectivity index (χ1n) is 4.14. The van der Waals surface area contributed by atoms with Crippen LogP contribution in [0, 0.1) is 0 Å². The van der Waals surface area contributed by atoms with E-state index in [1.54, 1.807) is 18.2 Å². The zero-order chi connectivity index (χ0) is 11.0. The van der Waals surface area contributed by atoms with Crippen molar-refractivity contribution in [2.24, 2.45) is 0 Å². The number of rotatable bonds is 2. The number of aromatic amines is 1. The van der Waals surface area contributed by atoms with E-state index in [2.05, 4.69) is 26.1 Å². The molecule has 3 N–H and O–H groups in total. The summed E-state index contributed by atoms with van der Waals surface area (Å²) >= 11 is 3.21. The predicted octanol–water partition coefficient (Wildman–Crippen LogP) is 1.44. The summed E-state index contributed by atoms with van der Waals surface area (Å²) in [4.78, 5) is 10.7. The number of carboxylic acids is 1. The molecule has 0 spiro atoms. The lowest BCUT2D eigenvalue weighted by Gasteiger charge is -2.06. The lowest BCUT2D eigenvalue weighted by atomic mass is 10.1. The van der Waals surface area contributed by atoms with Crippen molar-refractivity contribution in [2.45, 2.75) is 6.10 Å². The molecule has 0 saturated carbocycles. The van der Waals surface area contributed by atoms with Crippen LogP contribution >= 0.6 is 15.9 Å². The second-order valence-electron chi connectivity index (χ2n) is 3.02. The van der Waals surface area contributed by atoms with Gasteiger partial charge in [0.1, 0.15) is 4.60 Å². The molecule has 0 bridgehead atoms. The maximum absolute atomic E-state index is 10.7. The molecular formula is C9H7BrN2O3. The Hall–Kier alpha value is -1.40. The molecule has 0 aliphatic rings. The van der Waals surface area contributed by atoms with Crippen molar-refractivity contribution in [3.8, 4) is 0 Å². The monoisotopic (exact) mass is 270 g/mol. The molecule has 15 heavy (non-hydrogen) atoms. The molecular weight excluding hydrogens is 264 g/mol. The van der Waals surface area contributed by atoms with Gasteiger partial charge in [-0.15, -0.1) is 0 Å². The smallest absolute Gasteiger partial charge is 0.337 e. The highest BCUT2D eigenvalue weighted by Gasteiger charge is 2.20. The molecule has 1 atom stereocenters. The normalized spacial score (nSPS) is 12.9. The number of hydrogen-bond acceptors (Lipinski definition) is 3. The lowest BCUT2D eigenvalue weighted by Crippen LogP contribution is -2.10. The predicted molar refractivity (Wildman–Crippen MR) is 56.4 cm³/mol. The van der Waals surface area contributed by atoms with Crippen LogP contribution in [-0.4, -0.2) is 26.4 Å². The molecule has 5 nitrogen and oxygen atoms in total. The van der Waals surface area contributed by atoms with Crippen molar-refractivity contribution in [1.82, 2.24) is 10.2 Å². The zero-order valence-corrected chi connectivity index (χ0v) is 9.02. The van der Waals surface area contributed by atoms with E-state index in [1.165, 1.54) is 0 Å². The summed E-state index contributed by atoms with van der Waals surface area (Å²) in [5, 5.41) is 25.4. The third kappa shape index (κ3) is 1.62. The summed E-state index contributed by atoms with van der Waals surface area (Å²) in [5.41, 5.74) is 0.931. The van der Waals surface area contributed by atoms with Gasteiger partial charge in [-0.2, -0.15) is 5.10 Å². The highest BCUT2D eigenvalue weighted by molar-refractivity contribution is 9.10. The van der Waals surface area contributed by atoms with Gasteiger partial charge in [0.15, 0.2) is 6.10 Å². The van der Waals surface area contributed by atoms with Gasteiger partial charge >= 0.3 is 5.97 Å². The highest BCUT2D eigenvalue weighted by atomic mass is 79.9. The number of fused-ring (bicyclic) bond motifs is 1. The molecule has 2 aromatic rings. The molecule has 1 heterocycles. The fourth-order valence-electron chi connectivity index (χ4n) is 1.42. The van der Waals surface area contributed by atoms with Gasteiger partial charge in [-0.05, 0) is 22.0 Å². The minimum absolute atomic E-state index is 0.320. The van der Waals surface area contributed by atoms with Crippen LogP contribution in [0.3, 0.4) is 0 Å². The van der Waals surface area contributed by atoms with Crippen molar-refractivity contribution in [3.63, 3.8) is 0 Å². The second kappa shape index (κ2) is 3.63. The largest absolute Gasteiger partial charge is 0.479 e. The van der Waals surface area contributed by atoms with Gasteiger partial charge in [0.2, 0.25) is 0 Å². The maximum Gasteiger partial charge on any atom is 0.337 e. The van der Waals surface area contributed by atoms with Crippen LogP contribution in [-0.2, 0) is 4.79 Å². The average molecular weight is 271 g/mol. The third-order valence-electron chi connectivity index (χ3n) is 2.10. The minimum Gasteiger partial charge on any atom is -0.479 e. The Morgan fingerprint density at radius 1 is 1.53 bits per heavy atom. The van der Waals surface area contributed by atoms with Crippen molar-refractivity contribution >= 4 is 32.8 Å². The number of aromatic nitrogens is 2. The third-order valence-corrected chi connectivity index (χ3v) is 2.67. The molecule has 0 fully saturated rings. The van der Waals surface area contributed by atoms with Gasteiger partial charge in [-0.3, -0.25) is 5.10 Å². The topological polar surface area (TPSA) is 86.2 Å². The van der Waals surface area contributed by atoms with Crippen LogP contribution in [0.5, 0.6) is 0 Å². The van der Waals surface area contributed by atoms with E-state index in [9.17, 15) is 9.90 Å². The first-order valence-corrected chi connectivity index (χ1v) is 4.94. The van der Waals surface area contributed by atoms with Gasteiger partial charge in [0.25, 0.3) is 0 Å². The quantitative estimate of drug-likeness (QED) is 0.771. The number of aliphatic hydroxyl groups excluding tert-OH is 1. The Labute approximate surface area is 92.9 Å². The fourth-order valence-corrected chi connectivity index (χ4v) is 1.94. The minimum atomic E-state index is -1.54. The Morgan fingerprint density at radius 2 is 2.27 bits per heavy atom.